The van der Waals surface area contributed by atoms with Gasteiger partial charge in [0, 0.05) is 13.0 Å². The Hall–Kier alpha value is -0.530. The van der Waals surface area contributed by atoms with Crippen LogP contribution in [0.4, 0.5) is 0 Å². The Kier molecular flexibility index (Phi) is 4.82. The van der Waals surface area contributed by atoms with E-state index in [1.807, 2.05) is 0 Å². The van der Waals surface area contributed by atoms with Crippen molar-refractivity contribution < 1.29 is 4.79 Å². The highest BCUT2D eigenvalue weighted by Gasteiger charge is 2.20. The van der Waals surface area contributed by atoms with E-state index in [1.165, 1.54) is 25.7 Å². The van der Waals surface area contributed by atoms with Gasteiger partial charge in [0.25, 0.3) is 0 Å². The molecule has 16 heavy (non-hydrogen) atoms. The van der Waals surface area contributed by atoms with Gasteiger partial charge in [-0.25, -0.2) is 0 Å². The zero-order valence-electron chi connectivity index (χ0n) is 11.3. The van der Waals surface area contributed by atoms with Crippen LogP contribution in [0.2, 0.25) is 0 Å². The first kappa shape index (κ1) is 13.5. The number of carbonyl (C=O) groups excluding carboxylic acids is 1. The minimum absolute atomic E-state index is 0.102. The fourth-order valence-electron chi connectivity index (χ4n) is 2.34. The van der Waals surface area contributed by atoms with Crippen molar-refractivity contribution in [3.63, 3.8) is 0 Å². The van der Waals surface area contributed by atoms with E-state index >= 15 is 0 Å². The molecular formula is C14H27NO. The first-order valence-electron chi connectivity index (χ1n) is 6.63. The summed E-state index contributed by atoms with van der Waals surface area (Å²) in [7, 11) is 0. The summed E-state index contributed by atoms with van der Waals surface area (Å²) < 4.78 is 0. The van der Waals surface area contributed by atoms with Crippen molar-refractivity contribution in [3.8, 4) is 0 Å². The molecule has 0 saturated heterocycles. The molecule has 2 heteroatoms. The van der Waals surface area contributed by atoms with Gasteiger partial charge in [-0.15, -0.1) is 0 Å². The third-order valence-corrected chi connectivity index (χ3v) is 3.41. The SMILES string of the molecule is CC1CCC(CNC(=O)CC(C)(C)C)CC1. The van der Waals surface area contributed by atoms with Gasteiger partial charge < -0.3 is 5.32 Å². The van der Waals surface area contributed by atoms with Gasteiger partial charge in [0.2, 0.25) is 5.91 Å². The van der Waals surface area contributed by atoms with Gasteiger partial charge in [-0.3, -0.25) is 4.79 Å². The largest absolute Gasteiger partial charge is 0.356 e. The summed E-state index contributed by atoms with van der Waals surface area (Å²) in [6.45, 7) is 9.54. The van der Waals surface area contributed by atoms with E-state index in [0.717, 1.165) is 18.4 Å². The van der Waals surface area contributed by atoms with Crippen LogP contribution in [-0.4, -0.2) is 12.5 Å². The van der Waals surface area contributed by atoms with E-state index in [4.69, 9.17) is 0 Å². The van der Waals surface area contributed by atoms with Crippen LogP contribution in [0, 0.1) is 17.3 Å². The van der Waals surface area contributed by atoms with E-state index in [-0.39, 0.29) is 11.3 Å². The maximum Gasteiger partial charge on any atom is 0.220 e. The predicted octanol–water partition coefficient (Wildman–Crippen LogP) is 3.37. The molecule has 0 aromatic carbocycles. The summed E-state index contributed by atoms with van der Waals surface area (Å²) in [6, 6.07) is 0. The monoisotopic (exact) mass is 225 g/mol. The van der Waals surface area contributed by atoms with Crippen LogP contribution in [0.5, 0.6) is 0 Å². The molecule has 1 aliphatic rings. The summed E-state index contributed by atoms with van der Waals surface area (Å²) in [5.74, 6) is 1.83. The van der Waals surface area contributed by atoms with E-state index in [2.05, 4.69) is 33.0 Å². The van der Waals surface area contributed by atoms with Crippen molar-refractivity contribution in [3.05, 3.63) is 0 Å². The van der Waals surface area contributed by atoms with Crippen molar-refractivity contribution in [2.45, 2.75) is 59.8 Å². The Morgan fingerprint density at radius 3 is 2.25 bits per heavy atom. The van der Waals surface area contributed by atoms with Crippen molar-refractivity contribution in [2.24, 2.45) is 17.3 Å². The molecule has 94 valence electrons. The Bertz CT molecular complexity index is 221. The second kappa shape index (κ2) is 5.70. The topological polar surface area (TPSA) is 29.1 Å². The molecule has 1 aliphatic carbocycles. The number of hydrogen-bond acceptors (Lipinski definition) is 1. The van der Waals surface area contributed by atoms with Gasteiger partial charge in [-0.2, -0.15) is 0 Å². The summed E-state index contributed by atoms with van der Waals surface area (Å²) in [4.78, 5) is 11.7. The number of hydrogen-bond donors (Lipinski definition) is 1. The summed E-state index contributed by atoms with van der Waals surface area (Å²) in [6.07, 6.45) is 5.88. The second-order valence-corrected chi connectivity index (χ2v) is 6.67. The van der Waals surface area contributed by atoms with Gasteiger partial charge in [-0.05, 0) is 30.1 Å². The molecule has 0 radical (unpaired) electrons. The van der Waals surface area contributed by atoms with Crippen LogP contribution in [-0.2, 0) is 4.79 Å². The maximum atomic E-state index is 11.7. The van der Waals surface area contributed by atoms with E-state index < -0.39 is 0 Å². The van der Waals surface area contributed by atoms with Crippen molar-refractivity contribution in [1.29, 1.82) is 0 Å². The smallest absolute Gasteiger partial charge is 0.220 e. The molecule has 1 N–H and O–H groups in total. The molecule has 0 aromatic heterocycles. The summed E-state index contributed by atoms with van der Waals surface area (Å²) in [5.41, 5.74) is 0.102. The Balaban J connectivity index is 2.17. The minimum atomic E-state index is 0.102. The standard InChI is InChI=1S/C14H27NO/c1-11-5-7-12(8-6-11)10-15-13(16)9-14(2,3)4/h11-12H,5-10H2,1-4H3,(H,15,16). The van der Waals surface area contributed by atoms with Gasteiger partial charge in [0.15, 0.2) is 0 Å². The molecule has 1 amide bonds. The quantitative estimate of drug-likeness (QED) is 0.784. The lowest BCUT2D eigenvalue weighted by molar-refractivity contribution is -0.123. The zero-order chi connectivity index (χ0) is 12.2. The molecule has 0 heterocycles. The Labute approximate surface area is 100 Å². The van der Waals surface area contributed by atoms with Gasteiger partial charge in [-0.1, -0.05) is 40.5 Å². The average Bonchev–Trinajstić information content (AvgIpc) is 2.14. The third-order valence-electron chi connectivity index (χ3n) is 3.41. The van der Waals surface area contributed by atoms with Crippen molar-refractivity contribution >= 4 is 5.91 Å². The number of amides is 1. The van der Waals surface area contributed by atoms with Crippen molar-refractivity contribution in [1.82, 2.24) is 5.32 Å². The molecule has 0 atom stereocenters. The van der Waals surface area contributed by atoms with Crippen molar-refractivity contribution in [2.75, 3.05) is 6.54 Å². The Morgan fingerprint density at radius 1 is 1.19 bits per heavy atom. The highest BCUT2D eigenvalue weighted by atomic mass is 16.1. The predicted molar refractivity (Wildman–Crippen MR) is 68.2 cm³/mol. The first-order valence-corrected chi connectivity index (χ1v) is 6.63. The number of carbonyl (C=O) groups is 1. The summed E-state index contributed by atoms with van der Waals surface area (Å²) >= 11 is 0. The van der Waals surface area contributed by atoms with E-state index in [9.17, 15) is 4.79 Å². The third kappa shape index (κ3) is 5.53. The van der Waals surface area contributed by atoms with Crippen LogP contribution >= 0.6 is 0 Å². The van der Waals surface area contributed by atoms with Crippen LogP contribution in [0.1, 0.15) is 59.8 Å². The number of nitrogens with one attached hydrogen (secondary N) is 1. The van der Waals surface area contributed by atoms with Crippen LogP contribution in [0.3, 0.4) is 0 Å². The highest BCUT2D eigenvalue weighted by molar-refractivity contribution is 5.76. The molecule has 0 spiro atoms. The molecule has 2 nitrogen and oxygen atoms in total. The van der Waals surface area contributed by atoms with E-state index in [0.29, 0.717) is 6.42 Å². The lowest BCUT2D eigenvalue weighted by Gasteiger charge is -2.26. The Morgan fingerprint density at radius 2 is 1.75 bits per heavy atom. The molecule has 0 unspecified atom stereocenters. The normalized spacial score (nSPS) is 26.5. The van der Waals surface area contributed by atoms with Crippen LogP contribution in [0.15, 0.2) is 0 Å². The maximum absolute atomic E-state index is 11.7. The van der Waals surface area contributed by atoms with E-state index in [1.54, 1.807) is 0 Å². The lowest BCUT2D eigenvalue weighted by atomic mass is 9.83. The highest BCUT2D eigenvalue weighted by Crippen LogP contribution is 2.27. The molecule has 0 aromatic rings. The molecule has 0 aliphatic heterocycles. The molecule has 0 bridgehead atoms. The van der Waals surface area contributed by atoms with Gasteiger partial charge >= 0.3 is 0 Å². The number of rotatable bonds is 3. The average molecular weight is 225 g/mol. The minimum Gasteiger partial charge on any atom is -0.356 e. The molecule has 1 saturated carbocycles. The van der Waals surface area contributed by atoms with Crippen LogP contribution < -0.4 is 5.32 Å². The lowest BCUT2D eigenvalue weighted by Crippen LogP contribution is -2.33. The van der Waals surface area contributed by atoms with Gasteiger partial charge in [0.1, 0.15) is 0 Å². The molecule has 1 fully saturated rings. The second-order valence-electron chi connectivity index (χ2n) is 6.67. The van der Waals surface area contributed by atoms with Crippen LogP contribution in [0.25, 0.3) is 0 Å². The summed E-state index contributed by atoms with van der Waals surface area (Å²) in [5, 5.41) is 3.08. The van der Waals surface area contributed by atoms with Gasteiger partial charge in [0.05, 0.1) is 0 Å². The molecular weight excluding hydrogens is 198 g/mol. The molecule has 1 rings (SSSR count). The fraction of sp³-hybridized carbons (Fsp3) is 0.929. The first-order chi connectivity index (χ1) is 7.37. The fourth-order valence-corrected chi connectivity index (χ4v) is 2.34. The zero-order valence-corrected chi connectivity index (χ0v) is 11.3.